The third-order valence-corrected chi connectivity index (χ3v) is 4.37. The summed E-state index contributed by atoms with van der Waals surface area (Å²) in [5.41, 5.74) is 3.36. The van der Waals surface area contributed by atoms with E-state index < -0.39 is 5.97 Å². The number of hydrogen-bond acceptors (Lipinski definition) is 6. The Morgan fingerprint density at radius 3 is 2.67 bits per heavy atom. The molecule has 0 saturated heterocycles. The minimum absolute atomic E-state index is 0.399. The summed E-state index contributed by atoms with van der Waals surface area (Å²) in [6.07, 6.45) is 1.46. The molecule has 0 aliphatic rings. The monoisotopic (exact) mass is 382 g/mol. The molecule has 0 radical (unpaired) electrons. The third-order valence-electron chi connectivity index (χ3n) is 4.04. The third kappa shape index (κ3) is 4.74. The fourth-order valence-electron chi connectivity index (χ4n) is 2.52. The number of carbonyl (C=O) groups excluding carboxylic acids is 1. The van der Waals surface area contributed by atoms with Crippen molar-refractivity contribution in [2.75, 3.05) is 17.7 Å². The molecular weight excluding hydrogens is 364 g/mol. The van der Waals surface area contributed by atoms with Gasteiger partial charge in [0.15, 0.2) is 0 Å². The summed E-state index contributed by atoms with van der Waals surface area (Å²) in [6.45, 7) is 2.72. The number of aryl methyl sites for hydroxylation is 1. The first-order chi connectivity index (χ1) is 13.1. The SMILES string of the molecule is COC(=O)c1ccc(Cl)c(Nc2cc(NCc3ccccc3C)ncn2)c1. The Kier molecular flexibility index (Phi) is 5.88. The van der Waals surface area contributed by atoms with Gasteiger partial charge in [-0.15, -0.1) is 0 Å². The van der Waals surface area contributed by atoms with E-state index in [1.54, 1.807) is 24.3 Å². The summed E-state index contributed by atoms with van der Waals surface area (Å²) < 4.78 is 4.74. The van der Waals surface area contributed by atoms with E-state index in [2.05, 4.69) is 39.7 Å². The molecule has 0 aliphatic heterocycles. The van der Waals surface area contributed by atoms with Gasteiger partial charge >= 0.3 is 5.97 Å². The topological polar surface area (TPSA) is 76.1 Å². The van der Waals surface area contributed by atoms with Crippen LogP contribution in [0.3, 0.4) is 0 Å². The van der Waals surface area contributed by atoms with E-state index in [1.807, 2.05) is 12.1 Å². The smallest absolute Gasteiger partial charge is 0.337 e. The van der Waals surface area contributed by atoms with Crippen molar-refractivity contribution >= 4 is 34.9 Å². The van der Waals surface area contributed by atoms with E-state index in [0.717, 1.165) is 0 Å². The molecule has 6 nitrogen and oxygen atoms in total. The summed E-state index contributed by atoms with van der Waals surface area (Å²) in [6, 6.07) is 14.8. The van der Waals surface area contributed by atoms with E-state index in [-0.39, 0.29) is 0 Å². The second-order valence-corrected chi connectivity index (χ2v) is 6.29. The first-order valence-electron chi connectivity index (χ1n) is 8.32. The zero-order chi connectivity index (χ0) is 19.2. The molecular formula is C20H19ClN4O2. The van der Waals surface area contributed by atoms with Crippen molar-refractivity contribution in [3.05, 3.63) is 76.6 Å². The maximum absolute atomic E-state index is 11.7. The van der Waals surface area contributed by atoms with Crippen LogP contribution in [0.15, 0.2) is 54.9 Å². The number of carbonyl (C=O) groups is 1. The van der Waals surface area contributed by atoms with Gasteiger partial charge < -0.3 is 15.4 Å². The van der Waals surface area contributed by atoms with Crippen molar-refractivity contribution < 1.29 is 9.53 Å². The molecule has 2 N–H and O–H groups in total. The minimum Gasteiger partial charge on any atom is -0.465 e. The van der Waals surface area contributed by atoms with Gasteiger partial charge in [-0.05, 0) is 36.2 Å². The molecule has 0 spiro atoms. The zero-order valence-corrected chi connectivity index (χ0v) is 15.7. The number of hydrogen-bond donors (Lipinski definition) is 2. The predicted octanol–water partition coefficient (Wildman–Crippen LogP) is 4.58. The van der Waals surface area contributed by atoms with Gasteiger partial charge in [0, 0.05) is 12.6 Å². The summed E-state index contributed by atoms with van der Waals surface area (Å²) in [4.78, 5) is 20.1. The van der Waals surface area contributed by atoms with Gasteiger partial charge in [0.2, 0.25) is 0 Å². The van der Waals surface area contributed by atoms with Crippen molar-refractivity contribution in [1.82, 2.24) is 9.97 Å². The maximum Gasteiger partial charge on any atom is 0.337 e. The number of aromatic nitrogens is 2. The van der Waals surface area contributed by atoms with Gasteiger partial charge in [-0.2, -0.15) is 0 Å². The van der Waals surface area contributed by atoms with Gasteiger partial charge in [0.25, 0.3) is 0 Å². The van der Waals surface area contributed by atoms with Gasteiger partial charge in [-0.3, -0.25) is 0 Å². The highest BCUT2D eigenvalue weighted by Crippen LogP contribution is 2.26. The minimum atomic E-state index is -0.432. The number of rotatable bonds is 6. The molecule has 0 unspecified atom stereocenters. The number of nitrogens with one attached hydrogen (secondary N) is 2. The van der Waals surface area contributed by atoms with Crippen LogP contribution in [0.2, 0.25) is 5.02 Å². The Balaban J connectivity index is 1.74. The molecule has 3 aromatic rings. The first-order valence-corrected chi connectivity index (χ1v) is 8.70. The van der Waals surface area contributed by atoms with Crippen LogP contribution >= 0.6 is 11.6 Å². The molecule has 7 heteroatoms. The molecule has 0 amide bonds. The molecule has 138 valence electrons. The van der Waals surface area contributed by atoms with Crippen LogP contribution in [-0.2, 0) is 11.3 Å². The lowest BCUT2D eigenvalue weighted by atomic mass is 10.1. The van der Waals surface area contributed by atoms with Crippen LogP contribution < -0.4 is 10.6 Å². The number of halogens is 1. The highest BCUT2D eigenvalue weighted by atomic mass is 35.5. The summed E-state index contributed by atoms with van der Waals surface area (Å²) in [7, 11) is 1.33. The zero-order valence-electron chi connectivity index (χ0n) is 15.0. The molecule has 27 heavy (non-hydrogen) atoms. The van der Waals surface area contributed by atoms with E-state index >= 15 is 0 Å². The molecule has 0 atom stereocenters. The van der Waals surface area contributed by atoms with Gasteiger partial charge in [-0.25, -0.2) is 14.8 Å². The second-order valence-electron chi connectivity index (χ2n) is 5.88. The summed E-state index contributed by atoms with van der Waals surface area (Å²) >= 11 is 6.22. The van der Waals surface area contributed by atoms with Crippen molar-refractivity contribution in [2.24, 2.45) is 0 Å². The van der Waals surface area contributed by atoms with E-state index in [9.17, 15) is 4.79 Å². The largest absolute Gasteiger partial charge is 0.465 e. The Morgan fingerprint density at radius 1 is 1.11 bits per heavy atom. The standard InChI is InChI=1S/C20H19ClN4O2/c1-13-5-3-4-6-15(13)11-22-18-10-19(24-12-23-18)25-17-9-14(20(26)27-2)7-8-16(17)21/h3-10,12H,11H2,1-2H3,(H2,22,23,24,25). The maximum atomic E-state index is 11.7. The second kappa shape index (κ2) is 8.51. The van der Waals surface area contributed by atoms with Crippen molar-refractivity contribution in [3.63, 3.8) is 0 Å². The van der Waals surface area contributed by atoms with E-state index in [4.69, 9.17) is 16.3 Å². The highest BCUT2D eigenvalue weighted by molar-refractivity contribution is 6.33. The number of esters is 1. The number of anilines is 3. The van der Waals surface area contributed by atoms with Crippen LogP contribution in [0.4, 0.5) is 17.3 Å². The number of ether oxygens (including phenoxy) is 1. The van der Waals surface area contributed by atoms with Crippen molar-refractivity contribution in [2.45, 2.75) is 13.5 Å². The predicted molar refractivity (Wildman–Crippen MR) is 107 cm³/mol. The fourth-order valence-corrected chi connectivity index (χ4v) is 2.69. The first kappa shape index (κ1) is 18.7. The van der Waals surface area contributed by atoms with Gasteiger partial charge in [0.05, 0.1) is 23.4 Å². The lowest BCUT2D eigenvalue weighted by Gasteiger charge is -2.11. The van der Waals surface area contributed by atoms with Crippen LogP contribution in [0.5, 0.6) is 0 Å². The average molecular weight is 383 g/mol. The Labute approximate surface area is 162 Å². The summed E-state index contributed by atoms with van der Waals surface area (Å²) in [5.74, 6) is 0.801. The molecule has 0 fully saturated rings. The Bertz CT molecular complexity index is 962. The average Bonchev–Trinajstić information content (AvgIpc) is 2.69. The molecule has 0 saturated carbocycles. The van der Waals surface area contributed by atoms with Gasteiger partial charge in [0.1, 0.15) is 18.0 Å². The number of methoxy groups -OCH3 is 1. The lowest BCUT2D eigenvalue weighted by Crippen LogP contribution is -2.05. The summed E-state index contributed by atoms with van der Waals surface area (Å²) in [5, 5.41) is 6.86. The molecule has 0 aliphatic carbocycles. The molecule has 2 aromatic carbocycles. The van der Waals surface area contributed by atoms with Crippen LogP contribution in [0.25, 0.3) is 0 Å². The highest BCUT2D eigenvalue weighted by Gasteiger charge is 2.10. The van der Waals surface area contributed by atoms with Crippen molar-refractivity contribution in [1.29, 1.82) is 0 Å². The lowest BCUT2D eigenvalue weighted by molar-refractivity contribution is 0.0601. The normalized spacial score (nSPS) is 10.3. The van der Waals surface area contributed by atoms with Crippen molar-refractivity contribution in [3.8, 4) is 0 Å². The van der Waals surface area contributed by atoms with Gasteiger partial charge in [-0.1, -0.05) is 35.9 Å². The van der Waals surface area contributed by atoms with E-state index in [0.29, 0.717) is 34.5 Å². The van der Waals surface area contributed by atoms with Crippen LogP contribution in [-0.4, -0.2) is 23.0 Å². The fraction of sp³-hybridized carbons (Fsp3) is 0.150. The molecule has 1 heterocycles. The molecule has 1 aromatic heterocycles. The molecule has 3 rings (SSSR count). The quantitative estimate of drug-likeness (QED) is 0.608. The Hall–Kier alpha value is -3.12. The van der Waals surface area contributed by atoms with Crippen LogP contribution in [0.1, 0.15) is 21.5 Å². The molecule has 0 bridgehead atoms. The number of benzene rings is 2. The van der Waals surface area contributed by atoms with E-state index in [1.165, 1.54) is 24.6 Å². The van der Waals surface area contributed by atoms with Crippen LogP contribution in [0, 0.1) is 6.92 Å². The Morgan fingerprint density at radius 2 is 1.89 bits per heavy atom. The number of nitrogens with zero attached hydrogens (tertiary/aromatic N) is 2.